The van der Waals surface area contributed by atoms with Gasteiger partial charge in [0.1, 0.15) is 6.10 Å². The lowest BCUT2D eigenvalue weighted by atomic mass is 9.99. The summed E-state index contributed by atoms with van der Waals surface area (Å²) >= 11 is 0. The fourth-order valence-electron chi connectivity index (χ4n) is 2.96. The van der Waals surface area contributed by atoms with E-state index in [-0.39, 0.29) is 12.0 Å². The van der Waals surface area contributed by atoms with Gasteiger partial charge in [0.2, 0.25) is 0 Å². The van der Waals surface area contributed by atoms with Gasteiger partial charge in [0.25, 0.3) is 5.91 Å². The number of nitrogens with zero attached hydrogens (tertiary/aromatic N) is 1. The summed E-state index contributed by atoms with van der Waals surface area (Å²) in [6.07, 6.45) is 4.73. The van der Waals surface area contributed by atoms with Crippen LogP contribution in [-0.2, 0) is 16.0 Å². The van der Waals surface area contributed by atoms with Gasteiger partial charge in [-0.25, -0.2) is 0 Å². The number of ether oxygens (including phenoxy) is 1. The summed E-state index contributed by atoms with van der Waals surface area (Å²) in [4.78, 5) is 14.5. The van der Waals surface area contributed by atoms with Gasteiger partial charge in [-0.1, -0.05) is 0 Å². The molecule has 4 nitrogen and oxygen atoms in total. The van der Waals surface area contributed by atoms with E-state index in [0.717, 1.165) is 50.0 Å². The van der Waals surface area contributed by atoms with Gasteiger partial charge in [-0.15, -0.1) is 0 Å². The van der Waals surface area contributed by atoms with Gasteiger partial charge in [0.15, 0.2) is 0 Å². The fourth-order valence-corrected chi connectivity index (χ4v) is 2.96. The van der Waals surface area contributed by atoms with Crippen molar-refractivity contribution in [3.63, 3.8) is 0 Å². The molecule has 1 unspecified atom stereocenters. The highest BCUT2D eigenvalue weighted by Crippen LogP contribution is 2.30. The zero-order chi connectivity index (χ0) is 13.2. The van der Waals surface area contributed by atoms with Crippen LogP contribution in [0, 0.1) is 0 Å². The molecule has 1 saturated heterocycles. The molecular formula is C15H20N2O2. The Kier molecular flexibility index (Phi) is 3.42. The van der Waals surface area contributed by atoms with E-state index < -0.39 is 0 Å². The van der Waals surface area contributed by atoms with Crippen LogP contribution in [0.25, 0.3) is 0 Å². The molecule has 2 aliphatic heterocycles. The molecule has 19 heavy (non-hydrogen) atoms. The number of anilines is 2. The number of benzene rings is 1. The van der Waals surface area contributed by atoms with E-state index in [1.165, 1.54) is 5.56 Å². The highest BCUT2D eigenvalue weighted by molar-refractivity contribution is 5.97. The predicted octanol–water partition coefficient (Wildman–Crippen LogP) is 2.12. The zero-order valence-corrected chi connectivity index (χ0v) is 11.1. The highest BCUT2D eigenvalue weighted by Gasteiger charge is 2.30. The lowest BCUT2D eigenvalue weighted by Crippen LogP contribution is -2.44. The molecule has 0 bridgehead atoms. The summed E-state index contributed by atoms with van der Waals surface area (Å²) in [5.74, 6) is 0.116. The summed E-state index contributed by atoms with van der Waals surface area (Å²) < 4.78 is 5.62. The van der Waals surface area contributed by atoms with Crippen molar-refractivity contribution >= 4 is 17.3 Å². The summed E-state index contributed by atoms with van der Waals surface area (Å²) in [6.45, 7) is 1.49. The van der Waals surface area contributed by atoms with Crippen LogP contribution in [0.5, 0.6) is 0 Å². The molecule has 0 saturated carbocycles. The SMILES string of the molecule is Nc1ccc2c(c1)CCCN2C(=O)C1CCCCO1. The van der Waals surface area contributed by atoms with Crippen LogP contribution >= 0.6 is 0 Å². The maximum Gasteiger partial charge on any atom is 0.256 e. The first-order valence-electron chi connectivity index (χ1n) is 7.07. The third-order valence-electron chi connectivity index (χ3n) is 3.94. The van der Waals surface area contributed by atoms with Gasteiger partial charge in [-0.3, -0.25) is 4.79 Å². The van der Waals surface area contributed by atoms with Crippen molar-refractivity contribution in [2.45, 2.75) is 38.2 Å². The number of hydrogen-bond donors (Lipinski definition) is 1. The van der Waals surface area contributed by atoms with E-state index in [1.807, 2.05) is 23.1 Å². The number of nitrogen functional groups attached to an aromatic ring is 1. The highest BCUT2D eigenvalue weighted by atomic mass is 16.5. The molecule has 1 amide bonds. The van der Waals surface area contributed by atoms with Crippen LogP contribution in [0.4, 0.5) is 11.4 Å². The Labute approximate surface area is 113 Å². The monoisotopic (exact) mass is 260 g/mol. The molecular weight excluding hydrogens is 240 g/mol. The molecule has 1 aromatic rings. The lowest BCUT2D eigenvalue weighted by Gasteiger charge is -2.33. The number of carbonyl (C=O) groups excluding carboxylic acids is 1. The van der Waals surface area contributed by atoms with Gasteiger partial charge < -0.3 is 15.4 Å². The number of nitrogens with two attached hydrogens (primary N) is 1. The van der Waals surface area contributed by atoms with Crippen LogP contribution in [0.1, 0.15) is 31.2 Å². The van der Waals surface area contributed by atoms with E-state index in [4.69, 9.17) is 10.5 Å². The maximum absolute atomic E-state index is 12.6. The second kappa shape index (κ2) is 5.21. The molecule has 3 rings (SSSR count). The van der Waals surface area contributed by atoms with Crippen LogP contribution in [0.3, 0.4) is 0 Å². The number of aryl methyl sites for hydroxylation is 1. The van der Waals surface area contributed by atoms with Crippen molar-refractivity contribution in [2.24, 2.45) is 0 Å². The molecule has 2 aliphatic rings. The summed E-state index contributed by atoms with van der Waals surface area (Å²) in [7, 11) is 0. The van der Waals surface area contributed by atoms with E-state index in [2.05, 4.69) is 0 Å². The molecule has 2 N–H and O–H groups in total. The van der Waals surface area contributed by atoms with Crippen LogP contribution in [0.2, 0.25) is 0 Å². The second-order valence-corrected chi connectivity index (χ2v) is 5.34. The summed E-state index contributed by atoms with van der Waals surface area (Å²) in [6, 6.07) is 5.81. The molecule has 0 spiro atoms. The molecule has 2 heterocycles. The third kappa shape index (κ3) is 2.45. The topological polar surface area (TPSA) is 55.6 Å². The van der Waals surface area contributed by atoms with Gasteiger partial charge in [-0.2, -0.15) is 0 Å². The van der Waals surface area contributed by atoms with Gasteiger partial charge in [-0.05, 0) is 55.9 Å². The molecule has 1 fully saturated rings. The van der Waals surface area contributed by atoms with Crippen molar-refractivity contribution < 1.29 is 9.53 Å². The van der Waals surface area contributed by atoms with E-state index >= 15 is 0 Å². The number of hydrogen-bond acceptors (Lipinski definition) is 3. The number of rotatable bonds is 1. The first kappa shape index (κ1) is 12.5. The van der Waals surface area contributed by atoms with Crippen molar-refractivity contribution in [1.29, 1.82) is 0 Å². The van der Waals surface area contributed by atoms with E-state index in [9.17, 15) is 4.79 Å². The van der Waals surface area contributed by atoms with Gasteiger partial charge in [0, 0.05) is 24.5 Å². The quantitative estimate of drug-likeness (QED) is 0.787. The maximum atomic E-state index is 12.6. The normalized spacial score (nSPS) is 22.9. The number of carbonyl (C=O) groups is 1. The van der Waals surface area contributed by atoms with Crippen LogP contribution < -0.4 is 10.6 Å². The predicted molar refractivity (Wildman–Crippen MR) is 75.1 cm³/mol. The largest absolute Gasteiger partial charge is 0.399 e. The Hall–Kier alpha value is -1.55. The Balaban J connectivity index is 1.84. The van der Waals surface area contributed by atoms with Crippen LogP contribution in [0.15, 0.2) is 18.2 Å². The Morgan fingerprint density at radius 3 is 3.00 bits per heavy atom. The molecule has 0 aromatic heterocycles. The number of fused-ring (bicyclic) bond motifs is 1. The number of amides is 1. The molecule has 1 atom stereocenters. The molecule has 0 radical (unpaired) electrons. The molecule has 0 aliphatic carbocycles. The fraction of sp³-hybridized carbons (Fsp3) is 0.533. The molecule has 4 heteroatoms. The van der Waals surface area contributed by atoms with Gasteiger partial charge >= 0.3 is 0 Å². The van der Waals surface area contributed by atoms with E-state index in [0.29, 0.717) is 6.61 Å². The lowest BCUT2D eigenvalue weighted by molar-refractivity contribution is -0.132. The Morgan fingerprint density at radius 1 is 1.32 bits per heavy atom. The standard InChI is InChI=1S/C15H20N2O2/c16-12-6-7-13-11(10-12)4-3-8-17(13)15(18)14-5-1-2-9-19-14/h6-7,10,14H,1-5,8-9,16H2. The molecule has 102 valence electrons. The summed E-state index contributed by atoms with van der Waals surface area (Å²) in [5, 5.41) is 0. The smallest absolute Gasteiger partial charge is 0.256 e. The second-order valence-electron chi connectivity index (χ2n) is 5.34. The Morgan fingerprint density at radius 2 is 2.21 bits per heavy atom. The first-order chi connectivity index (χ1) is 9.25. The Bertz CT molecular complexity index is 481. The minimum atomic E-state index is -0.253. The van der Waals surface area contributed by atoms with Crippen molar-refractivity contribution in [1.82, 2.24) is 0 Å². The van der Waals surface area contributed by atoms with Crippen molar-refractivity contribution in [3.05, 3.63) is 23.8 Å². The third-order valence-corrected chi connectivity index (χ3v) is 3.94. The zero-order valence-electron chi connectivity index (χ0n) is 11.1. The van der Waals surface area contributed by atoms with Crippen molar-refractivity contribution in [3.8, 4) is 0 Å². The minimum absolute atomic E-state index is 0.116. The van der Waals surface area contributed by atoms with Crippen LogP contribution in [-0.4, -0.2) is 25.2 Å². The van der Waals surface area contributed by atoms with E-state index in [1.54, 1.807) is 0 Å². The average Bonchev–Trinajstić information content (AvgIpc) is 2.46. The molecule has 1 aromatic carbocycles. The first-order valence-corrected chi connectivity index (χ1v) is 7.07. The van der Waals surface area contributed by atoms with Crippen molar-refractivity contribution in [2.75, 3.05) is 23.8 Å². The average molecular weight is 260 g/mol. The minimum Gasteiger partial charge on any atom is -0.399 e. The van der Waals surface area contributed by atoms with Gasteiger partial charge in [0.05, 0.1) is 0 Å². The summed E-state index contributed by atoms with van der Waals surface area (Å²) in [5.41, 5.74) is 8.77.